The van der Waals surface area contributed by atoms with Crippen LogP contribution >= 0.6 is 11.6 Å². The van der Waals surface area contributed by atoms with Crippen molar-refractivity contribution in [1.82, 2.24) is 20.0 Å². The summed E-state index contributed by atoms with van der Waals surface area (Å²) < 4.78 is 7.08. The Balaban J connectivity index is 1.47. The molecule has 0 unspecified atom stereocenters. The lowest BCUT2D eigenvalue weighted by Crippen LogP contribution is -2.33. The van der Waals surface area contributed by atoms with Gasteiger partial charge in [-0.2, -0.15) is 5.10 Å². The number of carbonyl (C=O) groups excluding carboxylic acids is 3. The zero-order valence-electron chi connectivity index (χ0n) is 16.0. The first kappa shape index (κ1) is 19.9. The highest BCUT2D eigenvalue weighted by atomic mass is 35.5. The molecule has 4 rings (SSSR count). The maximum atomic E-state index is 12.6. The molecule has 1 aliphatic rings. The second kappa shape index (κ2) is 8.54. The van der Waals surface area contributed by atoms with Crippen LogP contribution in [0.25, 0.3) is 17.1 Å². The van der Waals surface area contributed by atoms with Gasteiger partial charge in [0.15, 0.2) is 11.5 Å². The Morgan fingerprint density at radius 3 is 2.63 bits per heavy atom. The zero-order valence-corrected chi connectivity index (χ0v) is 16.8. The van der Waals surface area contributed by atoms with E-state index in [1.807, 2.05) is 6.07 Å². The van der Waals surface area contributed by atoms with Crippen molar-refractivity contribution in [2.24, 2.45) is 0 Å². The Labute approximate surface area is 177 Å². The number of hydrogen-bond acceptors (Lipinski definition) is 5. The van der Waals surface area contributed by atoms with Crippen molar-refractivity contribution in [3.63, 3.8) is 0 Å². The number of rotatable bonds is 7. The lowest BCUT2D eigenvalue weighted by atomic mass is 10.2. The molecule has 2 aromatic heterocycles. The molecule has 1 saturated heterocycles. The van der Waals surface area contributed by atoms with E-state index in [0.717, 1.165) is 0 Å². The maximum Gasteiger partial charge on any atom is 0.271 e. The third kappa shape index (κ3) is 4.13. The van der Waals surface area contributed by atoms with Crippen molar-refractivity contribution in [3.8, 4) is 17.1 Å². The Morgan fingerprint density at radius 2 is 1.93 bits per heavy atom. The average molecular weight is 427 g/mol. The summed E-state index contributed by atoms with van der Waals surface area (Å²) >= 11 is 6.10. The van der Waals surface area contributed by atoms with E-state index in [0.29, 0.717) is 41.7 Å². The lowest BCUT2D eigenvalue weighted by molar-refractivity contribution is -0.138. The van der Waals surface area contributed by atoms with E-state index in [1.165, 1.54) is 4.90 Å². The Hall–Kier alpha value is -3.39. The third-order valence-electron chi connectivity index (χ3n) is 4.77. The molecule has 154 valence electrons. The van der Waals surface area contributed by atoms with Crippen LogP contribution in [0, 0.1) is 0 Å². The Kier molecular flexibility index (Phi) is 5.67. The first-order chi connectivity index (χ1) is 14.5. The molecule has 30 heavy (non-hydrogen) atoms. The van der Waals surface area contributed by atoms with Crippen LogP contribution in [0.3, 0.4) is 0 Å². The maximum absolute atomic E-state index is 12.6. The molecule has 8 nitrogen and oxygen atoms in total. The molecule has 1 aliphatic heterocycles. The predicted molar refractivity (Wildman–Crippen MR) is 109 cm³/mol. The number of halogens is 1. The van der Waals surface area contributed by atoms with Crippen LogP contribution in [-0.2, 0) is 9.59 Å². The van der Waals surface area contributed by atoms with Crippen molar-refractivity contribution in [2.75, 3.05) is 13.1 Å². The molecule has 1 fully saturated rings. The number of amides is 3. The molecule has 3 amide bonds. The zero-order chi connectivity index (χ0) is 21.1. The SMILES string of the molecule is O=C(NCCCN1C(=O)CCC1=O)c1cc(-c2ccco2)n(-c2cccc(Cl)c2)n1. The van der Waals surface area contributed by atoms with E-state index in [4.69, 9.17) is 16.0 Å². The lowest BCUT2D eigenvalue weighted by Gasteiger charge is -2.13. The average Bonchev–Trinajstić information content (AvgIpc) is 3.46. The molecule has 1 aromatic carbocycles. The van der Waals surface area contributed by atoms with E-state index in [1.54, 1.807) is 47.3 Å². The summed E-state index contributed by atoms with van der Waals surface area (Å²) in [6.07, 6.45) is 2.55. The number of nitrogens with zero attached hydrogens (tertiary/aromatic N) is 3. The topological polar surface area (TPSA) is 97.4 Å². The van der Waals surface area contributed by atoms with E-state index < -0.39 is 0 Å². The van der Waals surface area contributed by atoms with E-state index >= 15 is 0 Å². The molecule has 3 heterocycles. The van der Waals surface area contributed by atoms with E-state index in [-0.39, 0.29) is 36.3 Å². The van der Waals surface area contributed by atoms with Gasteiger partial charge in [-0.15, -0.1) is 0 Å². The molecular formula is C21H19ClN4O4. The van der Waals surface area contributed by atoms with Gasteiger partial charge in [-0.1, -0.05) is 17.7 Å². The summed E-state index contributed by atoms with van der Waals surface area (Å²) in [7, 11) is 0. The minimum absolute atomic E-state index is 0.158. The van der Waals surface area contributed by atoms with Crippen molar-refractivity contribution < 1.29 is 18.8 Å². The Morgan fingerprint density at radius 1 is 1.13 bits per heavy atom. The number of likely N-dealkylation sites (tertiary alicyclic amines) is 1. The van der Waals surface area contributed by atoms with Crippen molar-refractivity contribution >= 4 is 29.3 Å². The highest BCUT2D eigenvalue weighted by Gasteiger charge is 2.28. The fraction of sp³-hybridized carbons (Fsp3) is 0.238. The molecule has 9 heteroatoms. The largest absolute Gasteiger partial charge is 0.463 e. The van der Waals surface area contributed by atoms with Gasteiger partial charge in [0.05, 0.1) is 12.0 Å². The molecule has 0 bridgehead atoms. The summed E-state index contributed by atoms with van der Waals surface area (Å²) in [5.74, 6) is -0.111. The summed E-state index contributed by atoms with van der Waals surface area (Å²) in [6.45, 7) is 0.614. The summed E-state index contributed by atoms with van der Waals surface area (Å²) in [5, 5.41) is 7.75. The van der Waals surface area contributed by atoms with Gasteiger partial charge in [0, 0.05) is 37.0 Å². The van der Waals surface area contributed by atoms with Gasteiger partial charge in [0.25, 0.3) is 5.91 Å². The van der Waals surface area contributed by atoms with Crippen LogP contribution in [0.5, 0.6) is 0 Å². The van der Waals surface area contributed by atoms with Gasteiger partial charge in [0.2, 0.25) is 11.8 Å². The smallest absolute Gasteiger partial charge is 0.271 e. The highest BCUT2D eigenvalue weighted by Crippen LogP contribution is 2.25. The molecule has 3 aromatic rings. The second-order valence-corrected chi connectivity index (χ2v) is 7.27. The molecule has 0 aliphatic carbocycles. The van der Waals surface area contributed by atoms with Gasteiger partial charge in [0.1, 0.15) is 5.69 Å². The van der Waals surface area contributed by atoms with Crippen molar-refractivity contribution in [3.05, 3.63) is 59.4 Å². The number of imide groups is 1. The first-order valence-corrected chi connectivity index (χ1v) is 9.92. The van der Waals surface area contributed by atoms with Gasteiger partial charge < -0.3 is 9.73 Å². The standard InChI is InChI=1S/C21H19ClN4O4/c22-14-4-1-5-15(12-14)26-17(18-6-2-11-30-18)13-16(24-26)21(29)23-9-3-10-25-19(27)7-8-20(25)28/h1-2,4-6,11-13H,3,7-10H2,(H,23,29). The number of aromatic nitrogens is 2. The van der Waals surface area contributed by atoms with Gasteiger partial charge in [-0.05, 0) is 36.8 Å². The normalized spacial score (nSPS) is 13.8. The highest BCUT2D eigenvalue weighted by molar-refractivity contribution is 6.30. The van der Waals surface area contributed by atoms with Crippen molar-refractivity contribution in [1.29, 1.82) is 0 Å². The van der Waals surface area contributed by atoms with Crippen LogP contribution in [0.15, 0.2) is 53.1 Å². The molecule has 1 N–H and O–H groups in total. The summed E-state index contributed by atoms with van der Waals surface area (Å²) in [4.78, 5) is 37.1. The van der Waals surface area contributed by atoms with E-state index in [9.17, 15) is 14.4 Å². The van der Waals surface area contributed by atoms with Crippen LogP contribution in [0.2, 0.25) is 5.02 Å². The van der Waals surface area contributed by atoms with Crippen LogP contribution in [-0.4, -0.2) is 45.5 Å². The fourth-order valence-corrected chi connectivity index (χ4v) is 3.48. The second-order valence-electron chi connectivity index (χ2n) is 6.83. The monoisotopic (exact) mass is 426 g/mol. The minimum atomic E-state index is -0.359. The van der Waals surface area contributed by atoms with Crippen molar-refractivity contribution in [2.45, 2.75) is 19.3 Å². The predicted octanol–water partition coefficient (Wildman–Crippen LogP) is 3.05. The molecule has 0 saturated carbocycles. The summed E-state index contributed by atoms with van der Waals surface area (Å²) in [6, 6.07) is 12.3. The van der Waals surface area contributed by atoms with Crippen LogP contribution in [0.1, 0.15) is 29.8 Å². The molecular weight excluding hydrogens is 408 g/mol. The van der Waals surface area contributed by atoms with E-state index in [2.05, 4.69) is 10.4 Å². The quantitative estimate of drug-likeness (QED) is 0.462. The third-order valence-corrected chi connectivity index (χ3v) is 5.00. The molecule has 0 spiro atoms. The molecule has 0 radical (unpaired) electrons. The Bertz CT molecular complexity index is 1070. The number of hydrogen-bond donors (Lipinski definition) is 1. The molecule has 0 atom stereocenters. The van der Waals surface area contributed by atoms with Gasteiger partial charge >= 0.3 is 0 Å². The first-order valence-electron chi connectivity index (χ1n) is 9.54. The number of nitrogens with one attached hydrogen (secondary N) is 1. The number of carbonyl (C=O) groups is 3. The number of benzene rings is 1. The van der Waals surface area contributed by atoms with Gasteiger partial charge in [-0.25, -0.2) is 4.68 Å². The fourth-order valence-electron chi connectivity index (χ4n) is 3.30. The summed E-state index contributed by atoms with van der Waals surface area (Å²) in [5.41, 5.74) is 1.52. The number of furan rings is 1. The van der Waals surface area contributed by atoms with Crippen LogP contribution in [0.4, 0.5) is 0 Å². The minimum Gasteiger partial charge on any atom is -0.463 e. The van der Waals surface area contributed by atoms with Crippen LogP contribution < -0.4 is 5.32 Å². The van der Waals surface area contributed by atoms with Gasteiger partial charge in [-0.3, -0.25) is 19.3 Å².